The number of nitrogens with zero attached hydrogens (tertiary/aromatic N) is 1. The van der Waals surface area contributed by atoms with Gasteiger partial charge in [-0.25, -0.2) is 4.98 Å². The predicted molar refractivity (Wildman–Crippen MR) is 52.9 cm³/mol. The summed E-state index contributed by atoms with van der Waals surface area (Å²) in [6.07, 6.45) is 2.98. The van der Waals surface area contributed by atoms with Crippen LogP contribution in [0.15, 0.2) is 6.20 Å². The van der Waals surface area contributed by atoms with E-state index in [1.807, 2.05) is 13.8 Å². The number of carbonyl (C=O) groups is 1. The molecular formula is C10H15N3O. The zero-order valence-electron chi connectivity index (χ0n) is 8.50. The zero-order chi connectivity index (χ0) is 10.1. The molecule has 1 aromatic rings. The summed E-state index contributed by atoms with van der Waals surface area (Å²) in [5.74, 6) is 1.19. The first-order valence-electron chi connectivity index (χ1n) is 4.94. The number of Topliss-reactive ketones (excluding diaryl/α,β-unsaturated/α-hetero) is 1. The third kappa shape index (κ3) is 1.85. The summed E-state index contributed by atoms with van der Waals surface area (Å²) in [4.78, 5) is 18.8. The van der Waals surface area contributed by atoms with Crippen molar-refractivity contribution in [2.75, 3.05) is 0 Å². The maximum Gasteiger partial charge on any atom is 0.136 e. The molecule has 0 aromatic carbocycles. The summed E-state index contributed by atoms with van der Waals surface area (Å²) in [7, 11) is 0. The van der Waals surface area contributed by atoms with Crippen molar-refractivity contribution in [1.82, 2.24) is 15.3 Å². The molecule has 1 aliphatic heterocycles. The lowest BCUT2D eigenvalue weighted by Gasteiger charge is -2.26. The van der Waals surface area contributed by atoms with Crippen molar-refractivity contribution in [2.24, 2.45) is 0 Å². The minimum atomic E-state index is 0.0694. The second kappa shape index (κ2) is 3.53. The Balaban J connectivity index is 2.14. The molecule has 2 heterocycles. The second-order valence-electron chi connectivity index (χ2n) is 4.02. The number of piperidine rings is 1. The highest BCUT2D eigenvalue weighted by Crippen LogP contribution is 2.20. The van der Waals surface area contributed by atoms with E-state index >= 15 is 0 Å². The summed E-state index contributed by atoms with van der Waals surface area (Å²) in [6.45, 7) is 3.99. The lowest BCUT2D eigenvalue weighted by molar-refractivity contribution is -0.121. The minimum absolute atomic E-state index is 0.0694. The molecule has 2 rings (SSSR count). The average molecular weight is 193 g/mol. The normalized spacial score (nSPS) is 28.0. The highest BCUT2D eigenvalue weighted by Gasteiger charge is 2.26. The van der Waals surface area contributed by atoms with Gasteiger partial charge in [-0.3, -0.25) is 4.79 Å². The highest BCUT2D eigenvalue weighted by molar-refractivity contribution is 5.80. The lowest BCUT2D eigenvalue weighted by Crippen LogP contribution is -2.39. The molecule has 2 unspecified atom stereocenters. The molecule has 0 radical (unpaired) electrons. The molecule has 76 valence electrons. The summed E-state index contributed by atoms with van der Waals surface area (Å²) >= 11 is 0. The Morgan fingerprint density at radius 3 is 2.86 bits per heavy atom. The summed E-state index contributed by atoms with van der Waals surface area (Å²) < 4.78 is 0. The number of nitrogens with one attached hydrogen (secondary N) is 2. The van der Waals surface area contributed by atoms with Gasteiger partial charge in [0.1, 0.15) is 11.6 Å². The minimum Gasteiger partial charge on any atom is -0.345 e. The van der Waals surface area contributed by atoms with E-state index in [-0.39, 0.29) is 12.1 Å². The van der Waals surface area contributed by atoms with Crippen LogP contribution in [0.4, 0.5) is 0 Å². The fourth-order valence-electron chi connectivity index (χ4n) is 1.90. The third-order valence-corrected chi connectivity index (χ3v) is 2.50. The summed E-state index contributed by atoms with van der Waals surface area (Å²) in [5, 5.41) is 3.36. The average Bonchev–Trinajstić information content (AvgIpc) is 2.50. The fraction of sp³-hybridized carbons (Fsp3) is 0.600. The summed E-state index contributed by atoms with van der Waals surface area (Å²) in [5.41, 5.74) is 1.03. The number of aromatic nitrogens is 2. The number of hydrogen-bond acceptors (Lipinski definition) is 3. The van der Waals surface area contributed by atoms with Crippen LogP contribution >= 0.6 is 0 Å². The molecular weight excluding hydrogens is 178 g/mol. The van der Waals surface area contributed by atoms with Gasteiger partial charge in [-0.05, 0) is 13.8 Å². The SMILES string of the molecule is Cc1cnc(C2CC(=O)CC(C)N2)[nH]1. The Kier molecular flexibility index (Phi) is 2.37. The standard InChI is InChI=1S/C10H15N3O/c1-6-3-8(14)4-9(12-6)10-11-5-7(2)13-10/h5-6,9,12H,3-4H2,1-2H3,(H,11,13). The first-order chi connectivity index (χ1) is 6.65. The topological polar surface area (TPSA) is 57.8 Å². The molecule has 14 heavy (non-hydrogen) atoms. The van der Waals surface area contributed by atoms with E-state index in [1.165, 1.54) is 0 Å². The van der Waals surface area contributed by atoms with Crippen LogP contribution in [0.3, 0.4) is 0 Å². The molecule has 0 amide bonds. The van der Waals surface area contributed by atoms with E-state index in [0.29, 0.717) is 18.6 Å². The van der Waals surface area contributed by atoms with Crippen LogP contribution in [0.2, 0.25) is 0 Å². The van der Waals surface area contributed by atoms with Gasteiger partial charge in [0.15, 0.2) is 0 Å². The Hall–Kier alpha value is -1.16. The zero-order valence-corrected chi connectivity index (χ0v) is 8.50. The van der Waals surface area contributed by atoms with Crippen LogP contribution < -0.4 is 5.32 Å². The van der Waals surface area contributed by atoms with Gasteiger partial charge in [-0.2, -0.15) is 0 Å². The Morgan fingerprint density at radius 2 is 2.29 bits per heavy atom. The maximum atomic E-state index is 11.4. The van der Waals surface area contributed by atoms with E-state index in [1.54, 1.807) is 6.20 Å². The predicted octanol–water partition coefficient (Wildman–Crippen LogP) is 1.10. The quantitative estimate of drug-likeness (QED) is 0.702. The smallest absolute Gasteiger partial charge is 0.136 e. The van der Waals surface area contributed by atoms with Crippen LogP contribution in [-0.2, 0) is 4.79 Å². The number of carbonyl (C=O) groups excluding carboxylic acids is 1. The first-order valence-corrected chi connectivity index (χ1v) is 4.94. The third-order valence-electron chi connectivity index (χ3n) is 2.50. The van der Waals surface area contributed by atoms with Crippen LogP contribution in [0.1, 0.15) is 37.3 Å². The maximum absolute atomic E-state index is 11.4. The van der Waals surface area contributed by atoms with Crippen LogP contribution in [0.5, 0.6) is 0 Å². The molecule has 0 aliphatic carbocycles. The molecule has 1 saturated heterocycles. The fourth-order valence-corrected chi connectivity index (χ4v) is 1.90. The van der Waals surface area contributed by atoms with Crippen molar-refractivity contribution in [2.45, 2.75) is 38.8 Å². The van der Waals surface area contributed by atoms with E-state index in [4.69, 9.17) is 0 Å². The number of hydrogen-bond donors (Lipinski definition) is 2. The Labute approximate surface area is 83.1 Å². The number of rotatable bonds is 1. The molecule has 1 aliphatic rings. The van der Waals surface area contributed by atoms with Gasteiger partial charge in [0.2, 0.25) is 0 Å². The van der Waals surface area contributed by atoms with Crippen molar-refractivity contribution < 1.29 is 4.79 Å². The number of ketones is 1. The van der Waals surface area contributed by atoms with Crippen LogP contribution in [0, 0.1) is 6.92 Å². The van der Waals surface area contributed by atoms with E-state index in [0.717, 1.165) is 11.5 Å². The van der Waals surface area contributed by atoms with Crippen molar-refractivity contribution in [3.8, 4) is 0 Å². The molecule has 2 atom stereocenters. The molecule has 1 fully saturated rings. The molecule has 0 spiro atoms. The number of aryl methyl sites for hydroxylation is 1. The number of aromatic amines is 1. The highest BCUT2D eigenvalue weighted by atomic mass is 16.1. The van der Waals surface area contributed by atoms with Crippen LogP contribution in [-0.4, -0.2) is 21.8 Å². The summed E-state index contributed by atoms with van der Waals surface area (Å²) in [6, 6.07) is 0.326. The molecule has 0 saturated carbocycles. The number of H-pyrrole nitrogens is 1. The Morgan fingerprint density at radius 1 is 1.50 bits per heavy atom. The molecule has 4 nitrogen and oxygen atoms in total. The molecule has 4 heteroatoms. The van der Waals surface area contributed by atoms with Gasteiger partial charge in [0.05, 0.1) is 6.04 Å². The monoisotopic (exact) mass is 193 g/mol. The van der Waals surface area contributed by atoms with Crippen molar-refractivity contribution in [3.05, 3.63) is 17.7 Å². The first kappa shape index (κ1) is 9.40. The Bertz CT molecular complexity index is 345. The van der Waals surface area contributed by atoms with Crippen molar-refractivity contribution in [1.29, 1.82) is 0 Å². The van der Waals surface area contributed by atoms with E-state index < -0.39 is 0 Å². The van der Waals surface area contributed by atoms with Gasteiger partial charge < -0.3 is 10.3 Å². The van der Waals surface area contributed by atoms with Crippen molar-refractivity contribution >= 4 is 5.78 Å². The van der Waals surface area contributed by atoms with Gasteiger partial charge in [0, 0.05) is 30.8 Å². The number of imidazole rings is 1. The van der Waals surface area contributed by atoms with Gasteiger partial charge in [0.25, 0.3) is 0 Å². The van der Waals surface area contributed by atoms with Crippen LogP contribution in [0.25, 0.3) is 0 Å². The van der Waals surface area contributed by atoms with Gasteiger partial charge in [-0.15, -0.1) is 0 Å². The molecule has 1 aromatic heterocycles. The van der Waals surface area contributed by atoms with E-state index in [2.05, 4.69) is 15.3 Å². The van der Waals surface area contributed by atoms with Gasteiger partial charge >= 0.3 is 0 Å². The van der Waals surface area contributed by atoms with E-state index in [9.17, 15) is 4.79 Å². The molecule has 0 bridgehead atoms. The second-order valence-corrected chi connectivity index (χ2v) is 4.02. The molecule has 2 N–H and O–H groups in total. The van der Waals surface area contributed by atoms with Gasteiger partial charge in [-0.1, -0.05) is 0 Å². The largest absolute Gasteiger partial charge is 0.345 e. The lowest BCUT2D eigenvalue weighted by atomic mass is 9.98. The van der Waals surface area contributed by atoms with Crippen molar-refractivity contribution in [3.63, 3.8) is 0 Å².